The van der Waals surface area contributed by atoms with E-state index in [1.807, 2.05) is 0 Å². The third-order valence-corrected chi connectivity index (χ3v) is 2.01. The second kappa shape index (κ2) is 6.88. The average molecular weight is 240 g/mol. The van der Waals surface area contributed by atoms with Crippen molar-refractivity contribution in [2.24, 2.45) is 0 Å². The van der Waals surface area contributed by atoms with Gasteiger partial charge in [-0.1, -0.05) is 0 Å². The molecule has 0 aliphatic heterocycles. The molecule has 0 unspecified atom stereocenters. The monoisotopic (exact) mass is 240 g/mol. The minimum Gasteiger partial charge on any atom is -0.464 e. The van der Waals surface area contributed by atoms with Crippen LogP contribution in [0.1, 0.15) is 17.3 Å². The molecule has 0 heterocycles. The molecule has 0 amide bonds. The van der Waals surface area contributed by atoms with Gasteiger partial charge in [0, 0.05) is 19.8 Å². The number of hydrogen-bond donors (Lipinski definition) is 0. The van der Waals surface area contributed by atoms with Crippen molar-refractivity contribution in [3.05, 3.63) is 23.8 Å². The Hall–Kier alpha value is -1.59. The Morgan fingerprint density at radius 3 is 2.18 bits per heavy atom. The van der Waals surface area contributed by atoms with Crippen molar-refractivity contribution in [2.45, 2.75) is 6.92 Å². The van der Waals surface area contributed by atoms with E-state index in [0.29, 0.717) is 17.1 Å². The Kier molecular flexibility index (Phi) is 5.45. The maximum Gasteiger partial charge on any atom is 0.188 e. The van der Waals surface area contributed by atoms with Gasteiger partial charge in [-0.05, 0) is 25.1 Å². The SMILES string of the molecule is COCOc1ccc(C(C)=O)cc1OCOC. The number of carbonyl (C=O) groups is 1. The molecule has 0 radical (unpaired) electrons. The largest absolute Gasteiger partial charge is 0.464 e. The Balaban J connectivity index is 2.90. The van der Waals surface area contributed by atoms with Crippen LogP contribution in [0.2, 0.25) is 0 Å². The zero-order valence-corrected chi connectivity index (χ0v) is 10.2. The normalized spacial score (nSPS) is 10.1. The van der Waals surface area contributed by atoms with E-state index in [-0.39, 0.29) is 19.4 Å². The second-order valence-electron chi connectivity index (χ2n) is 3.32. The van der Waals surface area contributed by atoms with E-state index < -0.39 is 0 Å². The van der Waals surface area contributed by atoms with Crippen molar-refractivity contribution in [1.29, 1.82) is 0 Å². The molecule has 0 spiro atoms. The molecule has 1 aromatic rings. The number of methoxy groups -OCH3 is 2. The summed E-state index contributed by atoms with van der Waals surface area (Å²) in [7, 11) is 3.05. The molecule has 94 valence electrons. The van der Waals surface area contributed by atoms with Gasteiger partial charge in [-0.15, -0.1) is 0 Å². The summed E-state index contributed by atoms with van der Waals surface area (Å²) in [6.45, 7) is 1.69. The lowest BCUT2D eigenvalue weighted by Gasteiger charge is -2.12. The molecule has 0 N–H and O–H groups in total. The topological polar surface area (TPSA) is 54.0 Å². The quantitative estimate of drug-likeness (QED) is 0.538. The highest BCUT2D eigenvalue weighted by atomic mass is 16.7. The maximum atomic E-state index is 11.2. The first-order valence-corrected chi connectivity index (χ1v) is 5.07. The fraction of sp³-hybridized carbons (Fsp3) is 0.417. The van der Waals surface area contributed by atoms with Gasteiger partial charge >= 0.3 is 0 Å². The summed E-state index contributed by atoms with van der Waals surface area (Å²) in [4.78, 5) is 11.2. The molecular formula is C12H16O5. The van der Waals surface area contributed by atoms with Crippen LogP contribution in [0.4, 0.5) is 0 Å². The van der Waals surface area contributed by atoms with Crippen molar-refractivity contribution < 1.29 is 23.7 Å². The molecule has 0 atom stereocenters. The molecule has 1 aromatic carbocycles. The molecule has 0 bridgehead atoms. The smallest absolute Gasteiger partial charge is 0.188 e. The highest BCUT2D eigenvalue weighted by Crippen LogP contribution is 2.28. The summed E-state index contributed by atoms with van der Waals surface area (Å²) in [6.07, 6.45) is 0. The van der Waals surface area contributed by atoms with E-state index in [9.17, 15) is 4.79 Å². The second-order valence-corrected chi connectivity index (χ2v) is 3.32. The van der Waals surface area contributed by atoms with Crippen molar-refractivity contribution in [3.63, 3.8) is 0 Å². The summed E-state index contributed by atoms with van der Waals surface area (Å²) < 4.78 is 20.2. The summed E-state index contributed by atoms with van der Waals surface area (Å²) in [5, 5.41) is 0. The van der Waals surface area contributed by atoms with E-state index in [1.165, 1.54) is 21.1 Å². The van der Waals surface area contributed by atoms with Gasteiger partial charge in [-0.2, -0.15) is 0 Å². The molecule has 1 rings (SSSR count). The molecule has 0 fully saturated rings. The van der Waals surface area contributed by atoms with Gasteiger partial charge in [0.25, 0.3) is 0 Å². The average Bonchev–Trinajstić information content (AvgIpc) is 2.34. The highest BCUT2D eigenvalue weighted by Gasteiger charge is 2.09. The van der Waals surface area contributed by atoms with Crippen molar-refractivity contribution in [1.82, 2.24) is 0 Å². The van der Waals surface area contributed by atoms with E-state index in [4.69, 9.17) is 18.9 Å². The molecular weight excluding hydrogens is 224 g/mol. The fourth-order valence-corrected chi connectivity index (χ4v) is 1.20. The zero-order chi connectivity index (χ0) is 12.7. The summed E-state index contributed by atoms with van der Waals surface area (Å²) >= 11 is 0. The maximum absolute atomic E-state index is 11.2. The standard InChI is InChI=1S/C12H16O5/c1-9(13)10-4-5-11(16-7-14-2)12(6-10)17-8-15-3/h4-6H,7-8H2,1-3H3. The number of ketones is 1. The number of Topliss-reactive ketones (excluding diaryl/α,β-unsaturated/α-hetero) is 1. The van der Waals surface area contributed by atoms with E-state index in [1.54, 1.807) is 18.2 Å². The molecule has 0 aliphatic rings. The van der Waals surface area contributed by atoms with Crippen LogP contribution in [0.5, 0.6) is 11.5 Å². The lowest BCUT2D eigenvalue weighted by atomic mass is 10.1. The zero-order valence-electron chi connectivity index (χ0n) is 10.2. The number of carbonyl (C=O) groups excluding carboxylic acids is 1. The van der Waals surface area contributed by atoms with Crippen LogP contribution in [-0.4, -0.2) is 33.6 Å². The lowest BCUT2D eigenvalue weighted by Crippen LogP contribution is -2.05. The van der Waals surface area contributed by atoms with Crippen LogP contribution in [0, 0.1) is 0 Å². The Morgan fingerprint density at radius 1 is 1.06 bits per heavy atom. The van der Waals surface area contributed by atoms with Crippen LogP contribution in [-0.2, 0) is 9.47 Å². The minimum absolute atomic E-state index is 0.0365. The van der Waals surface area contributed by atoms with Gasteiger partial charge in [-0.25, -0.2) is 0 Å². The third kappa shape index (κ3) is 4.05. The fourth-order valence-electron chi connectivity index (χ4n) is 1.20. The molecule has 0 aromatic heterocycles. The first-order valence-electron chi connectivity index (χ1n) is 5.07. The predicted molar refractivity (Wildman–Crippen MR) is 61.5 cm³/mol. The van der Waals surface area contributed by atoms with E-state index in [0.717, 1.165) is 0 Å². The molecule has 0 saturated carbocycles. The van der Waals surface area contributed by atoms with Gasteiger partial charge < -0.3 is 18.9 Å². The Labute approximate surface area is 100 Å². The van der Waals surface area contributed by atoms with Gasteiger partial charge in [-0.3, -0.25) is 4.79 Å². The first-order chi connectivity index (χ1) is 8.19. The highest BCUT2D eigenvalue weighted by molar-refractivity contribution is 5.94. The minimum atomic E-state index is -0.0365. The van der Waals surface area contributed by atoms with E-state index >= 15 is 0 Å². The van der Waals surface area contributed by atoms with Crippen molar-refractivity contribution >= 4 is 5.78 Å². The summed E-state index contributed by atoms with van der Waals surface area (Å²) in [5.74, 6) is 0.927. The predicted octanol–water partition coefficient (Wildman–Crippen LogP) is 1.85. The van der Waals surface area contributed by atoms with Crippen molar-refractivity contribution in [2.75, 3.05) is 27.8 Å². The number of ether oxygens (including phenoxy) is 4. The molecule has 5 heteroatoms. The Morgan fingerprint density at radius 2 is 1.65 bits per heavy atom. The summed E-state index contributed by atoms with van der Waals surface area (Å²) in [6, 6.07) is 4.96. The molecule has 0 saturated heterocycles. The van der Waals surface area contributed by atoms with Gasteiger partial charge in [0.1, 0.15) is 0 Å². The number of benzene rings is 1. The third-order valence-electron chi connectivity index (χ3n) is 2.01. The molecule has 17 heavy (non-hydrogen) atoms. The van der Waals surface area contributed by atoms with Crippen LogP contribution >= 0.6 is 0 Å². The van der Waals surface area contributed by atoms with Crippen molar-refractivity contribution in [3.8, 4) is 11.5 Å². The van der Waals surface area contributed by atoms with Gasteiger partial charge in [0.15, 0.2) is 30.9 Å². The van der Waals surface area contributed by atoms with Crippen LogP contribution in [0.15, 0.2) is 18.2 Å². The van der Waals surface area contributed by atoms with Gasteiger partial charge in [0.05, 0.1) is 0 Å². The molecule has 5 nitrogen and oxygen atoms in total. The lowest BCUT2D eigenvalue weighted by molar-refractivity contribution is 0.0322. The number of rotatable bonds is 7. The van der Waals surface area contributed by atoms with Crippen LogP contribution < -0.4 is 9.47 Å². The Bertz CT molecular complexity index is 375. The van der Waals surface area contributed by atoms with Crippen LogP contribution in [0.3, 0.4) is 0 Å². The summed E-state index contributed by atoms with van der Waals surface area (Å²) in [5.41, 5.74) is 0.556. The number of hydrogen-bond acceptors (Lipinski definition) is 5. The van der Waals surface area contributed by atoms with Gasteiger partial charge in [0.2, 0.25) is 0 Å². The van der Waals surface area contributed by atoms with E-state index in [2.05, 4.69) is 0 Å². The first kappa shape index (κ1) is 13.5. The van der Waals surface area contributed by atoms with Crippen LogP contribution in [0.25, 0.3) is 0 Å². The molecule has 0 aliphatic carbocycles.